The van der Waals surface area contributed by atoms with E-state index < -0.39 is 24.5 Å². The quantitative estimate of drug-likeness (QED) is 0.744. The first-order chi connectivity index (χ1) is 12.8. The molecule has 1 aromatic carbocycles. The molecule has 1 fully saturated rings. The van der Waals surface area contributed by atoms with E-state index in [1.807, 2.05) is 13.8 Å². The van der Waals surface area contributed by atoms with Gasteiger partial charge in [0.15, 0.2) is 6.61 Å². The Kier molecular flexibility index (Phi) is 7.64. The second-order valence-electron chi connectivity index (χ2n) is 7.16. The number of imide groups is 1. The monoisotopic (exact) mass is 376 g/mol. The maximum atomic E-state index is 12.0. The normalized spacial score (nSPS) is 19.3. The van der Waals surface area contributed by atoms with Crippen LogP contribution in [0, 0.1) is 5.92 Å². The minimum Gasteiger partial charge on any atom is -0.491 e. The zero-order chi connectivity index (χ0) is 19.8. The third-order valence-corrected chi connectivity index (χ3v) is 4.48. The van der Waals surface area contributed by atoms with Crippen molar-refractivity contribution in [3.05, 3.63) is 29.8 Å². The van der Waals surface area contributed by atoms with Crippen LogP contribution in [0.2, 0.25) is 0 Å². The summed E-state index contributed by atoms with van der Waals surface area (Å²) in [5, 5.41) is 5.01. The van der Waals surface area contributed by atoms with Crippen LogP contribution in [0.5, 0.6) is 5.75 Å². The number of nitrogens with one attached hydrogen (secondary N) is 2. The standard InChI is InChI=1S/C20H28N2O5/c1-13(2)27-16-10-8-15(9-11-16)19(24)26-12-18(23)22-20(25)21-17-7-5-4-6-14(17)3/h8-11,13-14,17H,4-7,12H2,1-3H3,(H2,21,22,23,25)/t14-,17-/m1/s1. The third kappa shape index (κ3) is 6.92. The summed E-state index contributed by atoms with van der Waals surface area (Å²) in [6.45, 7) is 5.39. The molecule has 1 aliphatic carbocycles. The van der Waals surface area contributed by atoms with Crippen LogP contribution in [0.4, 0.5) is 4.79 Å². The highest BCUT2D eigenvalue weighted by molar-refractivity contribution is 5.97. The Balaban J connectivity index is 1.74. The second-order valence-corrected chi connectivity index (χ2v) is 7.16. The van der Waals surface area contributed by atoms with Crippen LogP contribution >= 0.6 is 0 Å². The summed E-state index contributed by atoms with van der Waals surface area (Å²) in [5.41, 5.74) is 0.305. The molecule has 1 aromatic rings. The Morgan fingerprint density at radius 3 is 2.41 bits per heavy atom. The molecule has 2 N–H and O–H groups in total. The number of benzene rings is 1. The van der Waals surface area contributed by atoms with E-state index in [2.05, 4.69) is 17.6 Å². The first-order valence-electron chi connectivity index (χ1n) is 9.39. The summed E-state index contributed by atoms with van der Waals surface area (Å²) in [7, 11) is 0. The van der Waals surface area contributed by atoms with Crippen molar-refractivity contribution in [2.45, 2.75) is 58.6 Å². The van der Waals surface area contributed by atoms with Gasteiger partial charge in [-0.25, -0.2) is 9.59 Å². The van der Waals surface area contributed by atoms with Crippen molar-refractivity contribution in [3.63, 3.8) is 0 Å². The number of esters is 1. The van der Waals surface area contributed by atoms with Crippen LogP contribution in [0.15, 0.2) is 24.3 Å². The van der Waals surface area contributed by atoms with Gasteiger partial charge in [-0.3, -0.25) is 10.1 Å². The van der Waals surface area contributed by atoms with Crippen LogP contribution in [0.25, 0.3) is 0 Å². The van der Waals surface area contributed by atoms with E-state index in [9.17, 15) is 14.4 Å². The largest absolute Gasteiger partial charge is 0.491 e. The number of rotatable bonds is 6. The Hall–Kier alpha value is -2.57. The lowest BCUT2D eigenvalue weighted by Crippen LogP contribution is -2.48. The third-order valence-electron chi connectivity index (χ3n) is 4.48. The van der Waals surface area contributed by atoms with Gasteiger partial charge in [0.05, 0.1) is 11.7 Å². The van der Waals surface area contributed by atoms with Crippen molar-refractivity contribution in [1.82, 2.24) is 10.6 Å². The van der Waals surface area contributed by atoms with Crippen LogP contribution in [0.1, 0.15) is 56.8 Å². The molecule has 0 heterocycles. The molecule has 0 aromatic heterocycles. The fraction of sp³-hybridized carbons (Fsp3) is 0.550. The van der Waals surface area contributed by atoms with Gasteiger partial charge in [-0.2, -0.15) is 0 Å². The average molecular weight is 376 g/mol. The fourth-order valence-electron chi connectivity index (χ4n) is 3.05. The maximum absolute atomic E-state index is 12.0. The summed E-state index contributed by atoms with van der Waals surface area (Å²) in [6, 6.07) is 5.97. The van der Waals surface area contributed by atoms with Crippen molar-refractivity contribution in [1.29, 1.82) is 0 Å². The van der Waals surface area contributed by atoms with Crippen LogP contribution in [-0.4, -0.2) is 36.7 Å². The number of carbonyl (C=O) groups excluding carboxylic acids is 3. The minimum atomic E-state index is -0.663. The van der Waals surface area contributed by atoms with E-state index in [-0.39, 0.29) is 12.1 Å². The molecular weight excluding hydrogens is 348 g/mol. The van der Waals surface area contributed by atoms with Gasteiger partial charge in [0, 0.05) is 6.04 Å². The van der Waals surface area contributed by atoms with E-state index in [1.165, 1.54) is 6.42 Å². The smallest absolute Gasteiger partial charge is 0.338 e. The highest BCUT2D eigenvalue weighted by Crippen LogP contribution is 2.23. The van der Waals surface area contributed by atoms with Gasteiger partial charge in [-0.1, -0.05) is 19.8 Å². The van der Waals surface area contributed by atoms with Gasteiger partial charge >= 0.3 is 12.0 Å². The lowest BCUT2D eigenvalue weighted by Gasteiger charge is -2.29. The molecule has 1 aliphatic rings. The maximum Gasteiger partial charge on any atom is 0.338 e. The first kappa shape index (κ1) is 20.7. The number of amides is 3. The van der Waals surface area contributed by atoms with E-state index in [1.54, 1.807) is 24.3 Å². The van der Waals surface area contributed by atoms with E-state index in [4.69, 9.17) is 9.47 Å². The van der Waals surface area contributed by atoms with Crippen LogP contribution in [-0.2, 0) is 9.53 Å². The van der Waals surface area contributed by atoms with E-state index in [0.717, 1.165) is 19.3 Å². The highest BCUT2D eigenvalue weighted by atomic mass is 16.5. The highest BCUT2D eigenvalue weighted by Gasteiger charge is 2.23. The van der Waals surface area contributed by atoms with Gasteiger partial charge in [-0.15, -0.1) is 0 Å². The van der Waals surface area contributed by atoms with Crippen molar-refractivity contribution in [2.75, 3.05) is 6.61 Å². The summed E-state index contributed by atoms with van der Waals surface area (Å²) in [4.78, 5) is 35.7. The molecule has 7 nitrogen and oxygen atoms in total. The van der Waals surface area contributed by atoms with Gasteiger partial charge < -0.3 is 14.8 Å². The van der Waals surface area contributed by atoms with Gasteiger partial charge in [-0.05, 0) is 56.9 Å². The van der Waals surface area contributed by atoms with Crippen molar-refractivity contribution in [3.8, 4) is 5.75 Å². The Bertz CT molecular complexity index is 657. The molecule has 0 aliphatic heterocycles. The average Bonchev–Trinajstić information content (AvgIpc) is 2.61. The van der Waals surface area contributed by atoms with Crippen LogP contribution < -0.4 is 15.4 Å². The molecule has 0 saturated heterocycles. The molecule has 2 atom stereocenters. The number of urea groups is 1. The number of hydrogen-bond acceptors (Lipinski definition) is 5. The van der Waals surface area contributed by atoms with Crippen molar-refractivity contribution in [2.24, 2.45) is 5.92 Å². The van der Waals surface area contributed by atoms with Crippen molar-refractivity contribution >= 4 is 17.9 Å². The summed E-state index contributed by atoms with van der Waals surface area (Å²) < 4.78 is 10.5. The zero-order valence-corrected chi connectivity index (χ0v) is 16.1. The van der Waals surface area contributed by atoms with Crippen LogP contribution in [0.3, 0.4) is 0 Å². The Labute approximate surface area is 159 Å². The fourth-order valence-corrected chi connectivity index (χ4v) is 3.05. The SMILES string of the molecule is CC(C)Oc1ccc(C(=O)OCC(=O)NC(=O)N[C@@H]2CCCC[C@H]2C)cc1. The summed E-state index contributed by atoms with van der Waals surface area (Å²) in [5.74, 6) is -0.264. The van der Waals surface area contributed by atoms with E-state index in [0.29, 0.717) is 17.2 Å². The van der Waals surface area contributed by atoms with Crippen molar-refractivity contribution < 1.29 is 23.9 Å². The molecule has 0 radical (unpaired) electrons. The first-order valence-corrected chi connectivity index (χ1v) is 9.39. The predicted molar refractivity (Wildman–Crippen MR) is 101 cm³/mol. The molecule has 2 rings (SSSR count). The molecule has 1 saturated carbocycles. The topological polar surface area (TPSA) is 93.7 Å². The molecule has 148 valence electrons. The molecular formula is C20H28N2O5. The summed E-state index contributed by atoms with van der Waals surface area (Å²) >= 11 is 0. The Morgan fingerprint density at radius 1 is 1.11 bits per heavy atom. The number of ether oxygens (including phenoxy) is 2. The lowest BCUT2D eigenvalue weighted by molar-refractivity contribution is -0.123. The zero-order valence-electron chi connectivity index (χ0n) is 16.1. The second kappa shape index (κ2) is 9.94. The van der Waals surface area contributed by atoms with Gasteiger partial charge in [0.2, 0.25) is 0 Å². The predicted octanol–water partition coefficient (Wildman–Crippen LogP) is 3.04. The molecule has 0 bridgehead atoms. The van der Waals surface area contributed by atoms with Gasteiger partial charge in [0.1, 0.15) is 5.75 Å². The van der Waals surface area contributed by atoms with Gasteiger partial charge in [0.25, 0.3) is 5.91 Å². The molecule has 0 spiro atoms. The van der Waals surface area contributed by atoms with E-state index >= 15 is 0 Å². The molecule has 27 heavy (non-hydrogen) atoms. The molecule has 0 unspecified atom stereocenters. The Morgan fingerprint density at radius 2 is 1.78 bits per heavy atom. The minimum absolute atomic E-state index is 0.0363. The molecule has 7 heteroatoms. The number of carbonyl (C=O) groups is 3. The molecule has 3 amide bonds. The summed E-state index contributed by atoms with van der Waals surface area (Å²) in [6.07, 6.45) is 4.25. The lowest BCUT2D eigenvalue weighted by atomic mass is 9.86. The number of hydrogen-bond donors (Lipinski definition) is 2.